The van der Waals surface area contributed by atoms with Crippen LogP contribution in [0.1, 0.15) is 31.0 Å². The van der Waals surface area contributed by atoms with Gasteiger partial charge < -0.3 is 5.32 Å². The number of aromatic nitrogens is 2. The van der Waals surface area contributed by atoms with Gasteiger partial charge in [0.2, 0.25) is 5.95 Å². The highest BCUT2D eigenvalue weighted by Crippen LogP contribution is 2.21. The van der Waals surface area contributed by atoms with Crippen LogP contribution in [0.5, 0.6) is 0 Å². The summed E-state index contributed by atoms with van der Waals surface area (Å²) in [4.78, 5) is 8.68. The molecule has 0 saturated carbocycles. The van der Waals surface area contributed by atoms with Gasteiger partial charge in [-0.05, 0) is 42.7 Å². The molecule has 0 saturated heterocycles. The van der Waals surface area contributed by atoms with Gasteiger partial charge >= 0.3 is 0 Å². The van der Waals surface area contributed by atoms with Crippen molar-refractivity contribution < 1.29 is 0 Å². The van der Waals surface area contributed by atoms with Crippen molar-refractivity contribution in [3.8, 4) is 0 Å². The summed E-state index contributed by atoms with van der Waals surface area (Å²) >= 11 is 5.99. The Kier molecular flexibility index (Phi) is 3.82. The number of anilines is 2. The van der Waals surface area contributed by atoms with E-state index < -0.39 is 0 Å². The first-order chi connectivity index (χ1) is 8.56. The van der Waals surface area contributed by atoms with Crippen molar-refractivity contribution in [2.75, 3.05) is 5.32 Å². The summed E-state index contributed by atoms with van der Waals surface area (Å²) in [6.07, 6.45) is 1.77. The summed E-state index contributed by atoms with van der Waals surface area (Å²) in [5.74, 6) is 1.00. The number of halogens is 1. The van der Waals surface area contributed by atoms with Crippen LogP contribution in [0.25, 0.3) is 0 Å². The quantitative estimate of drug-likeness (QED) is 0.895. The Morgan fingerprint density at radius 3 is 2.67 bits per heavy atom. The Morgan fingerprint density at radius 1 is 1.22 bits per heavy atom. The van der Waals surface area contributed by atoms with Crippen molar-refractivity contribution in [2.24, 2.45) is 0 Å². The van der Waals surface area contributed by atoms with E-state index in [1.807, 2.05) is 31.2 Å². The van der Waals surface area contributed by atoms with Gasteiger partial charge in [-0.2, -0.15) is 0 Å². The third-order valence-electron chi connectivity index (χ3n) is 2.68. The predicted molar refractivity (Wildman–Crippen MR) is 75.6 cm³/mol. The molecule has 0 atom stereocenters. The molecule has 0 aliphatic rings. The van der Waals surface area contributed by atoms with Crippen molar-refractivity contribution in [3.05, 3.63) is 46.7 Å². The van der Waals surface area contributed by atoms with Gasteiger partial charge in [0.25, 0.3) is 0 Å². The molecule has 4 heteroatoms. The van der Waals surface area contributed by atoms with Crippen LogP contribution in [0.15, 0.2) is 30.5 Å². The molecule has 18 heavy (non-hydrogen) atoms. The number of nitrogens with one attached hydrogen (secondary N) is 1. The lowest BCUT2D eigenvalue weighted by Gasteiger charge is -2.09. The predicted octanol–water partition coefficient (Wildman–Crippen LogP) is 4.31. The van der Waals surface area contributed by atoms with E-state index >= 15 is 0 Å². The van der Waals surface area contributed by atoms with E-state index in [2.05, 4.69) is 29.1 Å². The molecule has 0 radical (unpaired) electrons. The monoisotopic (exact) mass is 261 g/mol. The highest BCUT2D eigenvalue weighted by Gasteiger charge is 2.04. The minimum Gasteiger partial charge on any atom is -0.324 e. The van der Waals surface area contributed by atoms with Gasteiger partial charge in [0.05, 0.1) is 0 Å². The largest absolute Gasteiger partial charge is 0.324 e. The van der Waals surface area contributed by atoms with Gasteiger partial charge in [-0.25, -0.2) is 9.97 Å². The second kappa shape index (κ2) is 5.36. The van der Waals surface area contributed by atoms with Crippen LogP contribution in [-0.4, -0.2) is 9.97 Å². The van der Waals surface area contributed by atoms with Crippen molar-refractivity contribution in [3.63, 3.8) is 0 Å². The van der Waals surface area contributed by atoms with Crippen LogP contribution in [0, 0.1) is 6.92 Å². The third-order valence-corrected chi connectivity index (χ3v) is 3.11. The molecule has 3 nitrogen and oxygen atoms in total. The van der Waals surface area contributed by atoms with Gasteiger partial charge in [0.15, 0.2) is 0 Å². The molecule has 1 N–H and O–H groups in total. The molecule has 1 aromatic carbocycles. The van der Waals surface area contributed by atoms with E-state index in [0.29, 0.717) is 11.9 Å². The summed E-state index contributed by atoms with van der Waals surface area (Å²) in [5.41, 5.74) is 3.00. The topological polar surface area (TPSA) is 37.8 Å². The van der Waals surface area contributed by atoms with Crippen molar-refractivity contribution in [1.29, 1.82) is 0 Å². The van der Waals surface area contributed by atoms with E-state index in [1.54, 1.807) is 6.20 Å². The molecule has 0 aliphatic carbocycles. The van der Waals surface area contributed by atoms with E-state index in [-0.39, 0.29) is 0 Å². The summed E-state index contributed by atoms with van der Waals surface area (Å²) in [6, 6.07) is 7.70. The van der Waals surface area contributed by atoms with Gasteiger partial charge in [-0.15, -0.1) is 0 Å². The van der Waals surface area contributed by atoms with E-state index in [1.165, 1.54) is 0 Å². The normalized spacial score (nSPS) is 10.7. The smallest absolute Gasteiger partial charge is 0.227 e. The number of nitrogens with zero attached hydrogens (tertiary/aromatic N) is 2. The lowest BCUT2D eigenvalue weighted by molar-refractivity contribution is 0.817. The molecular formula is C14H16ClN3. The zero-order chi connectivity index (χ0) is 13.1. The zero-order valence-corrected chi connectivity index (χ0v) is 11.5. The molecule has 0 unspecified atom stereocenters. The Morgan fingerprint density at radius 2 is 2.00 bits per heavy atom. The highest BCUT2D eigenvalue weighted by molar-refractivity contribution is 6.31. The van der Waals surface area contributed by atoms with Gasteiger partial charge in [0, 0.05) is 22.6 Å². The van der Waals surface area contributed by atoms with Crippen molar-refractivity contribution >= 4 is 23.2 Å². The highest BCUT2D eigenvalue weighted by atomic mass is 35.5. The second-order valence-corrected chi connectivity index (χ2v) is 4.96. The maximum Gasteiger partial charge on any atom is 0.227 e. The third kappa shape index (κ3) is 2.99. The van der Waals surface area contributed by atoms with Crippen LogP contribution in [0.3, 0.4) is 0 Å². The molecule has 1 aromatic heterocycles. The Balaban J connectivity index is 2.23. The zero-order valence-electron chi connectivity index (χ0n) is 10.7. The Labute approximate surface area is 112 Å². The number of hydrogen-bond donors (Lipinski definition) is 1. The summed E-state index contributed by atoms with van der Waals surface area (Å²) in [5, 5.41) is 3.95. The van der Waals surface area contributed by atoms with Crippen LogP contribution >= 0.6 is 11.6 Å². The maximum absolute atomic E-state index is 5.99. The fourth-order valence-corrected chi connectivity index (χ4v) is 1.72. The minimum atomic E-state index is 0.389. The molecule has 0 aliphatic heterocycles. The van der Waals surface area contributed by atoms with Crippen molar-refractivity contribution in [2.45, 2.75) is 26.7 Å². The van der Waals surface area contributed by atoms with Crippen LogP contribution < -0.4 is 5.32 Å². The molecule has 2 aromatic rings. The minimum absolute atomic E-state index is 0.389. The van der Waals surface area contributed by atoms with Gasteiger partial charge in [-0.3, -0.25) is 0 Å². The second-order valence-electron chi connectivity index (χ2n) is 4.55. The Hall–Kier alpha value is -1.61. The van der Waals surface area contributed by atoms with E-state index in [4.69, 9.17) is 11.6 Å². The van der Waals surface area contributed by atoms with Crippen LogP contribution in [0.4, 0.5) is 11.6 Å². The van der Waals surface area contributed by atoms with Crippen molar-refractivity contribution in [1.82, 2.24) is 9.97 Å². The first-order valence-corrected chi connectivity index (χ1v) is 6.30. The average Bonchev–Trinajstić information content (AvgIpc) is 2.34. The lowest BCUT2D eigenvalue weighted by Crippen LogP contribution is -2.01. The standard InChI is InChI=1S/C14H16ClN3/c1-9(2)13-6-7-16-14(18-13)17-11-4-5-12(15)10(3)8-11/h4-9H,1-3H3,(H,16,17,18). The maximum atomic E-state index is 5.99. The number of hydrogen-bond acceptors (Lipinski definition) is 3. The fourth-order valence-electron chi connectivity index (χ4n) is 1.61. The number of benzene rings is 1. The van der Waals surface area contributed by atoms with Gasteiger partial charge in [-0.1, -0.05) is 25.4 Å². The Bertz CT molecular complexity index is 552. The molecule has 1 heterocycles. The summed E-state index contributed by atoms with van der Waals surface area (Å²) in [6.45, 7) is 6.19. The van der Waals surface area contributed by atoms with Gasteiger partial charge in [0.1, 0.15) is 0 Å². The molecule has 0 fully saturated rings. The SMILES string of the molecule is Cc1cc(Nc2nccc(C(C)C)n2)ccc1Cl. The molecule has 0 spiro atoms. The summed E-state index contributed by atoms with van der Waals surface area (Å²) < 4.78 is 0. The van der Waals surface area contributed by atoms with E-state index in [9.17, 15) is 0 Å². The first-order valence-electron chi connectivity index (χ1n) is 5.92. The molecule has 0 bridgehead atoms. The summed E-state index contributed by atoms with van der Waals surface area (Å²) in [7, 11) is 0. The molecule has 2 rings (SSSR count). The lowest BCUT2D eigenvalue weighted by atomic mass is 10.1. The fraction of sp³-hybridized carbons (Fsp3) is 0.286. The average molecular weight is 262 g/mol. The van der Waals surface area contributed by atoms with E-state index in [0.717, 1.165) is 22.0 Å². The number of rotatable bonds is 3. The van der Waals surface area contributed by atoms with Crippen LogP contribution in [0.2, 0.25) is 5.02 Å². The van der Waals surface area contributed by atoms with Crippen LogP contribution in [-0.2, 0) is 0 Å². The molecular weight excluding hydrogens is 246 g/mol. The molecule has 0 amide bonds. The first kappa shape index (κ1) is 12.8. The molecule has 94 valence electrons. The number of aryl methyl sites for hydroxylation is 1.